The molecule has 1 saturated carbocycles. The monoisotopic (exact) mass is 259 g/mol. The molecule has 0 spiro atoms. The van der Waals surface area contributed by atoms with Gasteiger partial charge in [0.1, 0.15) is 0 Å². The average molecular weight is 259 g/mol. The molecule has 2 aliphatic rings. The van der Waals surface area contributed by atoms with Gasteiger partial charge in [0.05, 0.1) is 0 Å². The fraction of sp³-hybridized carbons (Fsp3) is 0.533. The molecule has 0 radical (unpaired) electrons. The van der Waals surface area contributed by atoms with E-state index in [9.17, 15) is 4.79 Å². The van der Waals surface area contributed by atoms with E-state index in [1.807, 2.05) is 12.1 Å². The molecule has 1 amide bonds. The van der Waals surface area contributed by atoms with Gasteiger partial charge in [0.15, 0.2) is 0 Å². The van der Waals surface area contributed by atoms with E-state index in [-0.39, 0.29) is 11.8 Å². The van der Waals surface area contributed by atoms with Crippen LogP contribution in [0.25, 0.3) is 0 Å². The minimum atomic E-state index is 0.200. The lowest BCUT2D eigenvalue weighted by atomic mass is 9.95. The molecule has 1 aliphatic heterocycles. The molecule has 1 saturated heterocycles. The summed E-state index contributed by atoms with van der Waals surface area (Å²) in [4.78, 5) is 14.3. The molecule has 19 heavy (non-hydrogen) atoms. The molecule has 2 fully saturated rings. The third-order valence-electron chi connectivity index (χ3n) is 4.05. The number of hydrogen-bond donors (Lipinski definition) is 2. The predicted molar refractivity (Wildman–Crippen MR) is 77.0 cm³/mol. The number of nitrogens with one attached hydrogen (secondary N) is 1. The molecule has 1 aromatic rings. The number of hydrogen-bond acceptors (Lipinski definition) is 3. The minimum absolute atomic E-state index is 0.200. The number of carbonyl (C=O) groups excluding carboxylic acids is 1. The number of benzene rings is 1. The molecule has 0 atom stereocenters. The Balaban J connectivity index is 1.53. The summed E-state index contributed by atoms with van der Waals surface area (Å²) < 4.78 is 0. The van der Waals surface area contributed by atoms with Crippen molar-refractivity contribution < 1.29 is 4.79 Å². The van der Waals surface area contributed by atoms with Gasteiger partial charge in [-0.3, -0.25) is 4.79 Å². The molecule has 0 aromatic heterocycles. The average Bonchev–Trinajstić information content (AvgIpc) is 3.24. The van der Waals surface area contributed by atoms with Crippen LogP contribution in [0, 0.1) is 5.92 Å². The van der Waals surface area contributed by atoms with Crippen molar-refractivity contribution in [3.63, 3.8) is 0 Å². The number of carbonyl (C=O) groups is 1. The van der Waals surface area contributed by atoms with Gasteiger partial charge in [-0.25, -0.2) is 0 Å². The molecule has 1 aliphatic carbocycles. The van der Waals surface area contributed by atoms with E-state index in [1.165, 1.54) is 5.69 Å². The summed E-state index contributed by atoms with van der Waals surface area (Å²) >= 11 is 0. The van der Waals surface area contributed by atoms with E-state index in [1.54, 1.807) is 0 Å². The Morgan fingerprint density at radius 1 is 1.11 bits per heavy atom. The SMILES string of the molecule is Nc1ccc(N2CCC(C(=O)NC3CC3)CC2)cc1. The van der Waals surface area contributed by atoms with Crippen molar-refractivity contribution in [2.24, 2.45) is 5.92 Å². The number of anilines is 2. The Labute approximate surface area is 114 Å². The van der Waals surface area contributed by atoms with Gasteiger partial charge in [0, 0.05) is 36.4 Å². The zero-order chi connectivity index (χ0) is 13.2. The first-order valence-electron chi connectivity index (χ1n) is 7.13. The zero-order valence-corrected chi connectivity index (χ0v) is 11.1. The Bertz CT molecular complexity index is 445. The van der Waals surface area contributed by atoms with Crippen LogP contribution in [-0.2, 0) is 4.79 Å². The van der Waals surface area contributed by atoms with Crippen LogP contribution >= 0.6 is 0 Å². The zero-order valence-electron chi connectivity index (χ0n) is 11.1. The van der Waals surface area contributed by atoms with Crippen LogP contribution < -0.4 is 16.0 Å². The first-order valence-corrected chi connectivity index (χ1v) is 7.13. The lowest BCUT2D eigenvalue weighted by Crippen LogP contribution is -2.41. The molecule has 4 heteroatoms. The Morgan fingerprint density at radius 2 is 1.74 bits per heavy atom. The van der Waals surface area contributed by atoms with Crippen LogP contribution in [0.2, 0.25) is 0 Å². The standard InChI is InChI=1S/C15H21N3O/c16-12-1-5-14(6-2-12)18-9-7-11(8-10-18)15(19)17-13-3-4-13/h1-2,5-6,11,13H,3-4,7-10,16H2,(H,17,19). The topological polar surface area (TPSA) is 58.4 Å². The maximum atomic E-state index is 12.0. The predicted octanol–water partition coefficient (Wildman–Crippen LogP) is 1.76. The Hall–Kier alpha value is -1.71. The number of nitrogens with two attached hydrogens (primary N) is 1. The number of rotatable bonds is 3. The summed E-state index contributed by atoms with van der Waals surface area (Å²) in [6.45, 7) is 1.90. The lowest BCUT2D eigenvalue weighted by molar-refractivity contribution is -0.125. The molecule has 1 aromatic carbocycles. The van der Waals surface area contributed by atoms with Crippen molar-refractivity contribution >= 4 is 17.3 Å². The van der Waals surface area contributed by atoms with Crippen LogP contribution in [0.4, 0.5) is 11.4 Å². The van der Waals surface area contributed by atoms with E-state index in [4.69, 9.17) is 5.73 Å². The maximum absolute atomic E-state index is 12.0. The molecule has 1 heterocycles. The summed E-state index contributed by atoms with van der Waals surface area (Å²) in [6.07, 6.45) is 4.22. The summed E-state index contributed by atoms with van der Waals surface area (Å²) in [6, 6.07) is 8.45. The number of piperidine rings is 1. The minimum Gasteiger partial charge on any atom is -0.399 e. The van der Waals surface area contributed by atoms with E-state index in [2.05, 4.69) is 22.3 Å². The van der Waals surface area contributed by atoms with Gasteiger partial charge < -0.3 is 16.0 Å². The van der Waals surface area contributed by atoms with E-state index in [0.717, 1.165) is 44.5 Å². The van der Waals surface area contributed by atoms with Crippen LogP contribution in [0.1, 0.15) is 25.7 Å². The smallest absolute Gasteiger partial charge is 0.223 e. The fourth-order valence-corrected chi connectivity index (χ4v) is 2.63. The van der Waals surface area contributed by atoms with Crippen molar-refractivity contribution in [1.82, 2.24) is 5.32 Å². The molecule has 4 nitrogen and oxygen atoms in total. The fourth-order valence-electron chi connectivity index (χ4n) is 2.63. The van der Waals surface area contributed by atoms with Gasteiger partial charge >= 0.3 is 0 Å². The number of nitrogens with zero attached hydrogens (tertiary/aromatic N) is 1. The molecule has 3 N–H and O–H groups in total. The van der Waals surface area contributed by atoms with Crippen molar-refractivity contribution in [2.45, 2.75) is 31.7 Å². The first kappa shape index (κ1) is 12.3. The van der Waals surface area contributed by atoms with Crippen molar-refractivity contribution in [1.29, 1.82) is 0 Å². The number of nitrogen functional groups attached to an aromatic ring is 1. The summed E-state index contributed by atoms with van der Waals surface area (Å²) in [5.74, 6) is 0.463. The summed E-state index contributed by atoms with van der Waals surface area (Å²) in [5, 5.41) is 3.11. The summed E-state index contributed by atoms with van der Waals surface area (Å²) in [7, 11) is 0. The van der Waals surface area contributed by atoms with Gasteiger partial charge in [-0.1, -0.05) is 0 Å². The van der Waals surface area contributed by atoms with Gasteiger partial charge in [-0.05, 0) is 49.9 Å². The van der Waals surface area contributed by atoms with Crippen molar-refractivity contribution in [3.8, 4) is 0 Å². The second-order valence-electron chi connectivity index (χ2n) is 5.64. The van der Waals surface area contributed by atoms with Crippen molar-refractivity contribution in [3.05, 3.63) is 24.3 Å². The molecule has 0 bridgehead atoms. The lowest BCUT2D eigenvalue weighted by Gasteiger charge is -2.33. The third kappa shape index (κ3) is 3.00. The van der Waals surface area contributed by atoms with Gasteiger partial charge in [-0.2, -0.15) is 0 Å². The Morgan fingerprint density at radius 3 is 2.32 bits per heavy atom. The third-order valence-corrected chi connectivity index (χ3v) is 4.05. The quantitative estimate of drug-likeness (QED) is 0.813. The molecule has 0 unspecified atom stereocenters. The van der Waals surface area contributed by atoms with Crippen LogP contribution in [0.3, 0.4) is 0 Å². The van der Waals surface area contributed by atoms with Crippen LogP contribution in [-0.4, -0.2) is 25.0 Å². The molecular formula is C15H21N3O. The van der Waals surface area contributed by atoms with E-state index in [0.29, 0.717) is 6.04 Å². The largest absolute Gasteiger partial charge is 0.399 e. The highest BCUT2D eigenvalue weighted by atomic mass is 16.2. The van der Waals surface area contributed by atoms with Crippen LogP contribution in [0.5, 0.6) is 0 Å². The Kier molecular flexibility index (Phi) is 3.32. The maximum Gasteiger partial charge on any atom is 0.223 e. The highest BCUT2D eigenvalue weighted by molar-refractivity contribution is 5.79. The van der Waals surface area contributed by atoms with Gasteiger partial charge in [0.25, 0.3) is 0 Å². The second kappa shape index (κ2) is 5.11. The van der Waals surface area contributed by atoms with E-state index >= 15 is 0 Å². The molecule has 102 valence electrons. The number of amides is 1. The van der Waals surface area contributed by atoms with Gasteiger partial charge in [0.2, 0.25) is 5.91 Å². The molecule has 3 rings (SSSR count). The highest BCUT2D eigenvalue weighted by Gasteiger charge is 2.29. The molecular weight excluding hydrogens is 238 g/mol. The highest BCUT2D eigenvalue weighted by Crippen LogP contribution is 2.25. The van der Waals surface area contributed by atoms with E-state index < -0.39 is 0 Å². The summed E-state index contributed by atoms with van der Waals surface area (Å²) in [5.41, 5.74) is 7.70. The van der Waals surface area contributed by atoms with Crippen molar-refractivity contribution in [2.75, 3.05) is 23.7 Å². The second-order valence-corrected chi connectivity index (χ2v) is 5.64. The van der Waals surface area contributed by atoms with Crippen LogP contribution in [0.15, 0.2) is 24.3 Å². The normalized spacial score (nSPS) is 20.3. The first-order chi connectivity index (χ1) is 9.22. The van der Waals surface area contributed by atoms with Gasteiger partial charge in [-0.15, -0.1) is 0 Å².